The third kappa shape index (κ3) is 3.76. The Morgan fingerprint density at radius 3 is 2.65 bits per heavy atom. The van der Waals surface area contributed by atoms with E-state index in [1.54, 1.807) is 17.4 Å². The van der Waals surface area contributed by atoms with Crippen molar-refractivity contribution in [1.29, 1.82) is 0 Å². The van der Waals surface area contributed by atoms with Crippen LogP contribution in [0.4, 0.5) is 9.52 Å². The molecule has 108 valence electrons. The molecular formula is C15H20FN3S. The van der Waals surface area contributed by atoms with Gasteiger partial charge in [0.15, 0.2) is 0 Å². The molecule has 0 amide bonds. The Balaban J connectivity index is 2.11. The summed E-state index contributed by atoms with van der Waals surface area (Å²) in [4.78, 5) is 0. The van der Waals surface area contributed by atoms with Crippen molar-refractivity contribution in [1.82, 2.24) is 10.2 Å². The van der Waals surface area contributed by atoms with Gasteiger partial charge in [0.05, 0.1) is 6.04 Å². The van der Waals surface area contributed by atoms with Gasteiger partial charge in [0.2, 0.25) is 5.13 Å². The zero-order valence-corrected chi connectivity index (χ0v) is 12.9. The van der Waals surface area contributed by atoms with Crippen LogP contribution in [0.15, 0.2) is 24.3 Å². The maximum absolute atomic E-state index is 13.8. The quantitative estimate of drug-likeness (QED) is 0.855. The van der Waals surface area contributed by atoms with Crippen molar-refractivity contribution < 1.29 is 4.39 Å². The number of aromatic nitrogens is 2. The van der Waals surface area contributed by atoms with Crippen LogP contribution < -0.4 is 5.32 Å². The Morgan fingerprint density at radius 2 is 2.00 bits per heavy atom. The van der Waals surface area contributed by atoms with Crippen LogP contribution in [0.1, 0.15) is 43.8 Å². The zero-order valence-electron chi connectivity index (χ0n) is 12.1. The first-order valence-corrected chi connectivity index (χ1v) is 7.75. The Bertz CT molecular complexity index is 554. The summed E-state index contributed by atoms with van der Waals surface area (Å²) in [7, 11) is 0. The van der Waals surface area contributed by atoms with Crippen molar-refractivity contribution in [3.63, 3.8) is 0 Å². The Kier molecular flexibility index (Phi) is 5.06. The maximum atomic E-state index is 13.8. The van der Waals surface area contributed by atoms with E-state index in [-0.39, 0.29) is 11.9 Å². The molecule has 1 aromatic heterocycles. The van der Waals surface area contributed by atoms with Gasteiger partial charge in [-0.3, -0.25) is 0 Å². The monoisotopic (exact) mass is 293 g/mol. The van der Waals surface area contributed by atoms with Crippen LogP contribution >= 0.6 is 11.3 Å². The topological polar surface area (TPSA) is 37.8 Å². The highest BCUT2D eigenvalue weighted by molar-refractivity contribution is 7.15. The molecule has 20 heavy (non-hydrogen) atoms. The molecule has 0 aliphatic heterocycles. The summed E-state index contributed by atoms with van der Waals surface area (Å²) >= 11 is 1.55. The SMILES string of the molecule is CCC(Nc1nnc(CC(C)C)s1)c1ccccc1F. The van der Waals surface area contributed by atoms with E-state index in [1.807, 2.05) is 19.1 Å². The van der Waals surface area contributed by atoms with Gasteiger partial charge >= 0.3 is 0 Å². The maximum Gasteiger partial charge on any atom is 0.206 e. The predicted octanol–water partition coefficient (Wildman–Crippen LogP) is 4.44. The molecule has 2 rings (SSSR count). The van der Waals surface area contributed by atoms with Gasteiger partial charge in [0, 0.05) is 12.0 Å². The lowest BCUT2D eigenvalue weighted by Gasteiger charge is -2.16. The minimum Gasteiger partial charge on any atom is -0.353 e. The fourth-order valence-electron chi connectivity index (χ4n) is 2.05. The molecule has 1 atom stereocenters. The Labute approximate surface area is 123 Å². The van der Waals surface area contributed by atoms with E-state index in [9.17, 15) is 4.39 Å². The van der Waals surface area contributed by atoms with Gasteiger partial charge in [0.25, 0.3) is 0 Å². The molecule has 0 saturated heterocycles. The van der Waals surface area contributed by atoms with Crippen molar-refractivity contribution in [3.05, 3.63) is 40.7 Å². The first kappa shape index (κ1) is 14.9. The number of nitrogens with one attached hydrogen (secondary N) is 1. The van der Waals surface area contributed by atoms with Crippen LogP contribution in [0, 0.1) is 11.7 Å². The van der Waals surface area contributed by atoms with E-state index >= 15 is 0 Å². The molecule has 1 N–H and O–H groups in total. The van der Waals surface area contributed by atoms with Gasteiger partial charge < -0.3 is 5.32 Å². The number of benzene rings is 1. The minimum absolute atomic E-state index is 0.0731. The number of rotatable bonds is 6. The van der Waals surface area contributed by atoms with Crippen LogP contribution in [0.2, 0.25) is 0 Å². The summed E-state index contributed by atoms with van der Waals surface area (Å²) in [5, 5.41) is 13.4. The molecule has 0 bridgehead atoms. The molecule has 0 saturated carbocycles. The minimum atomic E-state index is -0.182. The highest BCUT2D eigenvalue weighted by Crippen LogP contribution is 2.27. The summed E-state index contributed by atoms with van der Waals surface area (Å²) in [5.41, 5.74) is 0.676. The van der Waals surface area contributed by atoms with Crippen molar-refractivity contribution in [2.45, 2.75) is 39.7 Å². The molecule has 5 heteroatoms. The smallest absolute Gasteiger partial charge is 0.206 e. The number of anilines is 1. The largest absolute Gasteiger partial charge is 0.353 e. The van der Waals surface area contributed by atoms with Crippen molar-refractivity contribution in [2.24, 2.45) is 5.92 Å². The predicted molar refractivity (Wildman–Crippen MR) is 81.5 cm³/mol. The van der Waals surface area contributed by atoms with Crippen molar-refractivity contribution in [2.75, 3.05) is 5.32 Å². The molecule has 1 aromatic carbocycles. The molecule has 0 spiro atoms. The number of hydrogen-bond acceptors (Lipinski definition) is 4. The number of halogens is 1. The van der Waals surface area contributed by atoms with Crippen molar-refractivity contribution in [3.8, 4) is 0 Å². The second kappa shape index (κ2) is 6.79. The fourth-order valence-corrected chi connectivity index (χ4v) is 3.05. The average molecular weight is 293 g/mol. The molecule has 0 fully saturated rings. The number of hydrogen-bond donors (Lipinski definition) is 1. The first-order valence-electron chi connectivity index (χ1n) is 6.93. The lowest BCUT2D eigenvalue weighted by atomic mass is 10.0. The molecule has 3 nitrogen and oxygen atoms in total. The molecular weight excluding hydrogens is 273 g/mol. The standard InChI is InChI=1S/C15H20FN3S/c1-4-13(11-7-5-6-8-12(11)16)17-15-19-18-14(20-15)9-10(2)3/h5-8,10,13H,4,9H2,1-3H3,(H,17,19). The van der Waals surface area contributed by atoms with Crippen LogP contribution in [0.3, 0.4) is 0 Å². The van der Waals surface area contributed by atoms with Crippen LogP contribution in [-0.4, -0.2) is 10.2 Å². The fraction of sp³-hybridized carbons (Fsp3) is 0.467. The molecule has 0 radical (unpaired) electrons. The van der Waals surface area contributed by atoms with Gasteiger partial charge in [-0.2, -0.15) is 0 Å². The third-order valence-corrected chi connectivity index (χ3v) is 3.91. The van der Waals surface area contributed by atoms with E-state index in [0.29, 0.717) is 11.5 Å². The summed E-state index contributed by atoms with van der Waals surface area (Å²) in [6, 6.07) is 6.79. The molecule has 2 aromatic rings. The lowest BCUT2D eigenvalue weighted by molar-refractivity contribution is 0.587. The van der Waals surface area contributed by atoms with Gasteiger partial charge in [0.1, 0.15) is 10.8 Å². The van der Waals surface area contributed by atoms with Crippen LogP contribution in [0.5, 0.6) is 0 Å². The highest BCUT2D eigenvalue weighted by atomic mass is 32.1. The van der Waals surface area contributed by atoms with Gasteiger partial charge in [-0.25, -0.2) is 4.39 Å². The van der Waals surface area contributed by atoms with E-state index in [2.05, 4.69) is 29.4 Å². The van der Waals surface area contributed by atoms with Crippen molar-refractivity contribution >= 4 is 16.5 Å². The van der Waals surface area contributed by atoms with Gasteiger partial charge in [-0.1, -0.05) is 50.3 Å². The van der Waals surface area contributed by atoms with E-state index in [1.165, 1.54) is 6.07 Å². The Hall–Kier alpha value is -1.49. The second-order valence-electron chi connectivity index (χ2n) is 5.23. The summed E-state index contributed by atoms with van der Waals surface area (Å²) in [6.07, 6.45) is 1.72. The molecule has 1 heterocycles. The van der Waals surface area contributed by atoms with Gasteiger partial charge in [-0.15, -0.1) is 10.2 Å². The van der Waals surface area contributed by atoms with E-state index in [0.717, 1.165) is 23.0 Å². The first-order chi connectivity index (χ1) is 9.60. The van der Waals surface area contributed by atoms with E-state index in [4.69, 9.17) is 0 Å². The summed E-state index contributed by atoms with van der Waals surface area (Å²) < 4.78 is 13.8. The van der Waals surface area contributed by atoms with Gasteiger partial charge in [-0.05, 0) is 18.4 Å². The molecule has 0 aliphatic carbocycles. The van der Waals surface area contributed by atoms with Crippen LogP contribution in [0.25, 0.3) is 0 Å². The second-order valence-corrected chi connectivity index (χ2v) is 6.29. The van der Waals surface area contributed by atoms with Crippen LogP contribution in [-0.2, 0) is 6.42 Å². The van der Waals surface area contributed by atoms with E-state index < -0.39 is 0 Å². The molecule has 1 unspecified atom stereocenters. The highest BCUT2D eigenvalue weighted by Gasteiger charge is 2.15. The molecule has 0 aliphatic rings. The summed E-state index contributed by atoms with van der Waals surface area (Å²) in [5.74, 6) is 0.378. The normalized spacial score (nSPS) is 12.7. The average Bonchev–Trinajstić information content (AvgIpc) is 2.83. The Morgan fingerprint density at radius 1 is 1.25 bits per heavy atom. The summed E-state index contributed by atoms with van der Waals surface area (Å²) in [6.45, 7) is 6.34. The number of nitrogens with zero attached hydrogens (tertiary/aromatic N) is 2. The third-order valence-electron chi connectivity index (χ3n) is 3.04. The zero-order chi connectivity index (χ0) is 14.5. The lowest BCUT2D eigenvalue weighted by Crippen LogP contribution is -2.11.